The molecule has 0 bridgehead atoms. The second-order valence-electron chi connectivity index (χ2n) is 8.92. The van der Waals surface area contributed by atoms with Gasteiger partial charge in [0.1, 0.15) is 18.1 Å². The van der Waals surface area contributed by atoms with E-state index in [-0.39, 0.29) is 24.8 Å². The maximum Gasteiger partial charge on any atom is 0.325 e. The molecule has 0 radical (unpaired) electrons. The number of amides is 1. The zero-order valence-corrected chi connectivity index (χ0v) is 21.8. The van der Waals surface area contributed by atoms with Gasteiger partial charge in [-0.25, -0.2) is 9.37 Å². The van der Waals surface area contributed by atoms with E-state index in [1.54, 1.807) is 12.3 Å². The van der Waals surface area contributed by atoms with Gasteiger partial charge < -0.3 is 19.5 Å². The van der Waals surface area contributed by atoms with Crippen LogP contribution < -0.4 is 4.90 Å². The smallest absolute Gasteiger partial charge is 0.325 e. The van der Waals surface area contributed by atoms with Crippen LogP contribution in [0.2, 0.25) is 0 Å². The molecule has 0 unspecified atom stereocenters. The van der Waals surface area contributed by atoms with Crippen LogP contribution in [0.1, 0.15) is 27.2 Å². The number of hydrogen-bond donors (Lipinski definition) is 1. The Labute approximate surface area is 213 Å². The largest absolute Gasteiger partial charge is 0.468 e. The van der Waals surface area contributed by atoms with Gasteiger partial charge in [-0.15, -0.1) is 0 Å². The second kappa shape index (κ2) is 10.5. The van der Waals surface area contributed by atoms with Crippen LogP contribution in [0.15, 0.2) is 42.6 Å². The maximum atomic E-state index is 13.8. The lowest BCUT2D eigenvalue weighted by Gasteiger charge is -2.21. The molecule has 9 heteroatoms. The number of nitrogens with zero attached hydrogens (tertiary/aromatic N) is 3. The SMILES string of the molecule is COC(=O)CN(CCc1c[nH]c2ccc(F)cc12)C(=O)c1nc(N(C)C)sc1-c1ccc(C)c(C)c1. The highest BCUT2D eigenvalue weighted by Crippen LogP contribution is 2.36. The van der Waals surface area contributed by atoms with Crippen molar-refractivity contribution < 1.29 is 18.7 Å². The Balaban J connectivity index is 1.69. The third-order valence-corrected chi connectivity index (χ3v) is 7.46. The first-order valence-corrected chi connectivity index (χ1v) is 12.4. The van der Waals surface area contributed by atoms with Crippen molar-refractivity contribution in [2.75, 3.05) is 39.2 Å². The molecular formula is C27H29FN4O3S. The normalized spacial score (nSPS) is 11.1. The number of aromatic amines is 1. The van der Waals surface area contributed by atoms with Crippen LogP contribution >= 0.6 is 11.3 Å². The van der Waals surface area contributed by atoms with Crippen LogP contribution in [-0.2, 0) is 16.0 Å². The third-order valence-electron chi connectivity index (χ3n) is 6.19. The molecule has 2 aromatic carbocycles. The Bertz CT molecular complexity index is 1430. The number of aromatic nitrogens is 2. The minimum Gasteiger partial charge on any atom is -0.468 e. The third kappa shape index (κ3) is 5.26. The van der Waals surface area contributed by atoms with Gasteiger partial charge in [0.05, 0.1) is 12.0 Å². The number of nitrogens with one attached hydrogen (secondary N) is 1. The summed E-state index contributed by atoms with van der Waals surface area (Å²) in [6.07, 6.45) is 2.23. The molecule has 0 fully saturated rings. The Morgan fingerprint density at radius 2 is 1.89 bits per heavy atom. The molecule has 0 spiro atoms. The molecule has 0 atom stereocenters. The van der Waals surface area contributed by atoms with E-state index in [0.29, 0.717) is 17.2 Å². The highest BCUT2D eigenvalue weighted by Gasteiger charge is 2.27. The number of halogens is 1. The highest BCUT2D eigenvalue weighted by molar-refractivity contribution is 7.19. The molecule has 1 N–H and O–H groups in total. The molecule has 2 aromatic heterocycles. The van der Waals surface area contributed by atoms with Crippen LogP contribution in [-0.4, -0.2) is 61.0 Å². The predicted octanol–water partition coefficient (Wildman–Crippen LogP) is 4.97. The number of H-pyrrole nitrogens is 1. The van der Waals surface area contributed by atoms with E-state index >= 15 is 0 Å². The number of hydrogen-bond acceptors (Lipinski definition) is 6. The van der Waals surface area contributed by atoms with Crippen molar-refractivity contribution >= 4 is 39.2 Å². The number of anilines is 1. The highest BCUT2D eigenvalue weighted by atomic mass is 32.1. The number of rotatable bonds is 8. The number of ether oxygens (including phenoxy) is 1. The van der Waals surface area contributed by atoms with Gasteiger partial charge in [-0.2, -0.15) is 0 Å². The molecule has 0 saturated heterocycles. The zero-order chi connectivity index (χ0) is 26.0. The van der Waals surface area contributed by atoms with Gasteiger partial charge in [0.25, 0.3) is 5.91 Å². The number of carbonyl (C=O) groups is 2. The van der Waals surface area contributed by atoms with Gasteiger partial charge >= 0.3 is 5.97 Å². The number of methoxy groups -OCH3 is 1. The summed E-state index contributed by atoms with van der Waals surface area (Å²) in [5.74, 6) is -1.21. The van der Waals surface area contributed by atoms with Crippen molar-refractivity contribution in [2.24, 2.45) is 0 Å². The van der Waals surface area contributed by atoms with Gasteiger partial charge in [0.2, 0.25) is 0 Å². The number of esters is 1. The standard InChI is InChI=1S/C27H29FN4O3S/c1-16-6-7-18(12-17(16)2)25-24(30-27(36-25)31(3)4)26(34)32(15-23(33)35-5)11-10-19-14-29-22-9-8-20(28)13-21(19)22/h6-9,12-14,29H,10-11,15H2,1-5H3. The molecule has 0 aliphatic heterocycles. The number of aryl methyl sites for hydroxylation is 2. The lowest BCUT2D eigenvalue weighted by Crippen LogP contribution is -2.38. The van der Waals surface area contributed by atoms with Gasteiger partial charge in [-0.05, 0) is 60.7 Å². The monoisotopic (exact) mass is 508 g/mol. The first-order chi connectivity index (χ1) is 17.2. The van der Waals surface area contributed by atoms with E-state index in [2.05, 4.69) is 9.97 Å². The van der Waals surface area contributed by atoms with Crippen LogP contribution in [0.3, 0.4) is 0 Å². The van der Waals surface area contributed by atoms with Crippen molar-refractivity contribution in [1.29, 1.82) is 0 Å². The molecule has 36 heavy (non-hydrogen) atoms. The topological polar surface area (TPSA) is 78.5 Å². The molecule has 1 amide bonds. The fraction of sp³-hybridized carbons (Fsp3) is 0.296. The van der Waals surface area contributed by atoms with E-state index in [1.807, 2.05) is 51.0 Å². The Morgan fingerprint density at radius 3 is 2.58 bits per heavy atom. The summed E-state index contributed by atoms with van der Waals surface area (Å²) < 4.78 is 18.7. The summed E-state index contributed by atoms with van der Waals surface area (Å²) in [6.45, 7) is 4.09. The lowest BCUT2D eigenvalue weighted by molar-refractivity contribution is -0.141. The Kier molecular flexibility index (Phi) is 7.40. The summed E-state index contributed by atoms with van der Waals surface area (Å²) in [4.78, 5) is 37.9. The van der Waals surface area contributed by atoms with Crippen LogP contribution in [0.5, 0.6) is 0 Å². The summed E-state index contributed by atoms with van der Waals surface area (Å²) in [7, 11) is 5.04. The summed E-state index contributed by atoms with van der Waals surface area (Å²) in [6, 6.07) is 10.6. The van der Waals surface area contributed by atoms with Gasteiger partial charge in [-0.3, -0.25) is 9.59 Å². The van der Waals surface area contributed by atoms with Gasteiger partial charge in [0.15, 0.2) is 5.13 Å². The number of benzene rings is 2. The molecule has 0 saturated carbocycles. The van der Waals surface area contributed by atoms with Gasteiger partial charge in [0, 0.05) is 37.7 Å². The maximum absolute atomic E-state index is 13.8. The number of fused-ring (bicyclic) bond motifs is 1. The molecular weight excluding hydrogens is 479 g/mol. The zero-order valence-electron chi connectivity index (χ0n) is 21.0. The van der Waals surface area contributed by atoms with Crippen molar-refractivity contribution in [3.05, 3.63) is 70.8 Å². The molecule has 0 aliphatic rings. The number of thiazole rings is 1. The lowest BCUT2D eigenvalue weighted by atomic mass is 10.0. The minimum absolute atomic E-state index is 0.215. The summed E-state index contributed by atoms with van der Waals surface area (Å²) >= 11 is 1.43. The first-order valence-electron chi connectivity index (χ1n) is 11.5. The van der Waals surface area contributed by atoms with Crippen molar-refractivity contribution in [2.45, 2.75) is 20.3 Å². The van der Waals surface area contributed by atoms with E-state index < -0.39 is 5.97 Å². The molecule has 7 nitrogen and oxygen atoms in total. The van der Waals surface area contributed by atoms with Crippen molar-refractivity contribution in [3.8, 4) is 10.4 Å². The van der Waals surface area contributed by atoms with Crippen molar-refractivity contribution in [1.82, 2.24) is 14.9 Å². The average molecular weight is 509 g/mol. The van der Waals surface area contributed by atoms with Crippen molar-refractivity contribution in [3.63, 3.8) is 0 Å². The molecule has 2 heterocycles. The molecule has 4 rings (SSSR count). The number of carbonyl (C=O) groups excluding carboxylic acids is 2. The fourth-order valence-electron chi connectivity index (χ4n) is 3.96. The van der Waals surface area contributed by atoms with E-state index in [4.69, 9.17) is 4.74 Å². The summed E-state index contributed by atoms with van der Waals surface area (Å²) in [5.41, 5.74) is 5.13. The predicted molar refractivity (Wildman–Crippen MR) is 141 cm³/mol. The molecule has 0 aliphatic carbocycles. The quantitative estimate of drug-likeness (QED) is 0.340. The second-order valence-corrected chi connectivity index (χ2v) is 9.90. The average Bonchev–Trinajstić information content (AvgIpc) is 3.47. The first kappa shape index (κ1) is 25.4. The molecule has 4 aromatic rings. The van der Waals surface area contributed by atoms with Gasteiger partial charge in [-0.1, -0.05) is 29.5 Å². The van der Waals surface area contributed by atoms with Crippen LogP contribution in [0.25, 0.3) is 21.3 Å². The van der Waals surface area contributed by atoms with E-state index in [1.165, 1.54) is 35.5 Å². The molecule has 188 valence electrons. The van der Waals surface area contributed by atoms with Crippen LogP contribution in [0.4, 0.5) is 9.52 Å². The van der Waals surface area contributed by atoms with E-state index in [0.717, 1.165) is 38.0 Å². The minimum atomic E-state index is -0.524. The van der Waals surface area contributed by atoms with Crippen LogP contribution in [0, 0.1) is 19.7 Å². The Hall–Kier alpha value is -3.72. The Morgan fingerprint density at radius 1 is 1.11 bits per heavy atom. The van der Waals surface area contributed by atoms with E-state index in [9.17, 15) is 14.0 Å². The fourth-order valence-corrected chi connectivity index (χ4v) is 4.94. The summed E-state index contributed by atoms with van der Waals surface area (Å²) in [5, 5.41) is 1.44.